The molecule has 0 aliphatic rings. The van der Waals surface area contributed by atoms with Gasteiger partial charge in [0.05, 0.1) is 17.4 Å². The zero-order valence-electron chi connectivity index (χ0n) is 11.1. The van der Waals surface area contributed by atoms with Gasteiger partial charge in [-0.25, -0.2) is 9.07 Å². The van der Waals surface area contributed by atoms with Crippen molar-refractivity contribution >= 4 is 10.9 Å². The summed E-state index contributed by atoms with van der Waals surface area (Å²) in [5.74, 6) is 0. The van der Waals surface area contributed by atoms with Crippen LogP contribution in [0.5, 0.6) is 0 Å². The van der Waals surface area contributed by atoms with Gasteiger partial charge in [-0.05, 0) is 36.8 Å². The maximum atomic E-state index is 12.9. The standard InChI is InChI=1S/C16H15FN2O/c1-16(20,11-17)13-7-8-15-12(9-13)10-18-19(15)14-5-3-2-4-6-14/h2-10,20H,11H2,1H3. The first kappa shape index (κ1) is 12.8. The van der Waals surface area contributed by atoms with Crippen LogP contribution in [0.1, 0.15) is 12.5 Å². The highest BCUT2D eigenvalue weighted by Gasteiger charge is 2.23. The van der Waals surface area contributed by atoms with Crippen LogP contribution < -0.4 is 0 Å². The monoisotopic (exact) mass is 270 g/mol. The Kier molecular flexibility index (Phi) is 3.03. The normalized spacial score (nSPS) is 14.3. The molecule has 102 valence electrons. The van der Waals surface area contributed by atoms with Gasteiger partial charge in [-0.15, -0.1) is 0 Å². The second kappa shape index (κ2) is 4.72. The van der Waals surface area contributed by atoms with Crippen LogP contribution >= 0.6 is 0 Å². The van der Waals surface area contributed by atoms with Crippen molar-refractivity contribution in [2.45, 2.75) is 12.5 Å². The minimum Gasteiger partial charge on any atom is -0.383 e. The van der Waals surface area contributed by atoms with E-state index in [0.717, 1.165) is 16.6 Å². The second-order valence-electron chi connectivity index (χ2n) is 5.07. The first-order chi connectivity index (χ1) is 9.62. The van der Waals surface area contributed by atoms with Crippen molar-refractivity contribution in [2.24, 2.45) is 0 Å². The van der Waals surface area contributed by atoms with Gasteiger partial charge in [-0.3, -0.25) is 0 Å². The molecule has 0 bridgehead atoms. The highest BCUT2D eigenvalue weighted by Crippen LogP contribution is 2.26. The van der Waals surface area contributed by atoms with Gasteiger partial charge in [-0.1, -0.05) is 24.3 Å². The number of aliphatic hydroxyl groups is 1. The van der Waals surface area contributed by atoms with Gasteiger partial charge in [0.25, 0.3) is 0 Å². The largest absolute Gasteiger partial charge is 0.383 e. The van der Waals surface area contributed by atoms with Crippen molar-refractivity contribution in [1.29, 1.82) is 0 Å². The summed E-state index contributed by atoms with van der Waals surface area (Å²) in [6.45, 7) is 0.654. The molecule has 0 saturated heterocycles. The number of alkyl halides is 1. The second-order valence-corrected chi connectivity index (χ2v) is 5.07. The molecule has 1 aromatic heterocycles. The van der Waals surface area contributed by atoms with E-state index in [2.05, 4.69) is 5.10 Å². The van der Waals surface area contributed by atoms with Crippen LogP contribution in [-0.4, -0.2) is 21.6 Å². The van der Waals surface area contributed by atoms with Crippen LogP contribution in [-0.2, 0) is 5.60 Å². The predicted octanol–water partition coefficient (Wildman–Crippen LogP) is 3.20. The molecule has 0 aliphatic heterocycles. The molecule has 3 nitrogen and oxygen atoms in total. The number of nitrogens with zero attached hydrogens (tertiary/aromatic N) is 2. The molecule has 2 aromatic carbocycles. The van der Waals surface area contributed by atoms with Crippen LogP contribution in [0.4, 0.5) is 4.39 Å². The van der Waals surface area contributed by atoms with E-state index in [0.29, 0.717) is 5.56 Å². The molecule has 0 amide bonds. The Bertz CT molecular complexity index is 735. The minimum atomic E-state index is -1.46. The SMILES string of the molecule is CC(O)(CF)c1ccc2c(cnn2-c2ccccc2)c1. The summed E-state index contributed by atoms with van der Waals surface area (Å²) < 4.78 is 14.7. The summed E-state index contributed by atoms with van der Waals surface area (Å²) >= 11 is 0. The van der Waals surface area contributed by atoms with E-state index in [1.165, 1.54) is 6.92 Å². The van der Waals surface area contributed by atoms with Crippen molar-refractivity contribution in [1.82, 2.24) is 9.78 Å². The van der Waals surface area contributed by atoms with E-state index < -0.39 is 12.3 Å². The first-order valence-corrected chi connectivity index (χ1v) is 6.44. The minimum absolute atomic E-state index is 0.556. The van der Waals surface area contributed by atoms with Crippen LogP contribution in [0.3, 0.4) is 0 Å². The van der Waals surface area contributed by atoms with Crippen molar-refractivity contribution in [2.75, 3.05) is 6.67 Å². The highest BCUT2D eigenvalue weighted by atomic mass is 19.1. The van der Waals surface area contributed by atoms with Crippen molar-refractivity contribution in [3.05, 3.63) is 60.3 Å². The lowest BCUT2D eigenvalue weighted by Gasteiger charge is -2.19. The molecular weight excluding hydrogens is 255 g/mol. The van der Waals surface area contributed by atoms with Gasteiger partial charge in [-0.2, -0.15) is 5.10 Å². The van der Waals surface area contributed by atoms with Gasteiger partial charge in [0.1, 0.15) is 12.3 Å². The number of para-hydroxylation sites is 1. The third kappa shape index (κ3) is 2.08. The molecule has 0 radical (unpaired) electrons. The Morgan fingerprint density at radius 1 is 1.20 bits per heavy atom. The third-order valence-corrected chi connectivity index (χ3v) is 3.45. The zero-order valence-corrected chi connectivity index (χ0v) is 11.1. The summed E-state index contributed by atoms with van der Waals surface area (Å²) in [6.07, 6.45) is 1.72. The maximum absolute atomic E-state index is 12.9. The van der Waals surface area contributed by atoms with Gasteiger partial charge >= 0.3 is 0 Å². The summed E-state index contributed by atoms with van der Waals surface area (Å²) in [7, 11) is 0. The van der Waals surface area contributed by atoms with Crippen LogP contribution in [0.15, 0.2) is 54.7 Å². The van der Waals surface area contributed by atoms with Gasteiger partial charge in [0, 0.05) is 5.39 Å². The van der Waals surface area contributed by atoms with E-state index in [4.69, 9.17) is 0 Å². The van der Waals surface area contributed by atoms with Crippen LogP contribution in [0, 0.1) is 0 Å². The number of halogens is 1. The van der Waals surface area contributed by atoms with Crippen LogP contribution in [0.2, 0.25) is 0 Å². The van der Waals surface area contributed by atoms with Crippen molar-refractivity contribution in [3.8, 4) is 5.69 Å². The molecule has 1 atom stereocenters. The van der Waals surface area contributed by atoms with E-state index in [1.54, 1.807) is 18.3 Å². The molecular formula is C16H15FN2O. The number of benzene rings is 2. The topological polar surface area (TPSA) is 38.1 Å². The predicted molar refractivity (Wildman–Crippen MR) is 76.6 cm³/mol. The summed E-state index contributed by atoms with van der Waals surface area (Å²) in [4.78, 5) is 0. The number of hydrogen-bond donors (Lipinski definition) is 1. The molecule has 1 heterocycles. The van der Waals surface area contributed by atoms with Gasteiger partial charge < -0.3 is 5.11 Å². The average Bonchev–Trinajstić information content (AvgIpc) is 2.91. The van der Waals surface area contributed by atoms with Gasteiger partial charge in [0.15, 0.2) is 0 Å². The molecule has 0 spiro atoms. The fourth-order valence-corrected chi connectivity index (χ4v) is 2.22. The molecule has 3 rings (SSSR count). The quantitative estimate of drug-likeness (QED) is 0.793. The number of hydrogen-bond acceptors (Lipinski definition) is 2. The molecule has 1 unspecified atom stereocenters. The highest BCUT2D eigenvalue weighted by molar-refractivity contribution is 5.81. The average molecular weight is 270 g/mol. The summed E-state index contributed by atoms with van der Waals surface area (Å²) in [6, 6.07) is 15.2. The maximum Gasteiger partial charge on any atom is 0.122 e. The fourth-order valence-electron chi connectivity index (χ4n) is 2.22. The third-order valence-electron chi connectivity index (χ3n) is 3.45. The molecule has 1 N–H and O–H groups in total. The lowest BCUT2D eigenvalue weighted by Crippen LogP contribution is -2.23. The molecule has 20 heavy (non-hydrogen) atoms. The zero-order chi connectivity index (χ0) is 14.2. The number of fused-ring (bicyclic) bond motifs is 1. The van der Waals surface area contributed by atoms with Gasteiger partial charge in [0.2, 0.25) is 0 Å². The number of rotatable bonds is 3. The van der Waals surface area contributed by atoms with E-state index in [1.807, 2.05) is 41.1 Å². The lowest BCUT2D eigenvalue weighted by molar-refractivity contribution is 0.0301. The van der Waals surface area contributed by atoms with Crippen molar-refractivity contribution in [3.63, 3.8) is 0 Å². The Morgan fingerprint density at radius 3 is 2.65 bits per heavy atom. The van der Waals surface area contributed by atoms with E-state index >= 15 is 0 Å². The van der Waals surface area contributed by atoms with E-state index in [-0.39, 0.29) is 0 Å². The smallest absolute Gasteiger partial charge is 0.122 e. The first-order valence-electron chi connectivity index (χ1n) is 6.44. The molecule has 3 aromatic rings. The Morgan fingerprint density at radius 2 is 1.95 bits per heavy atom. The fraction of sp³-hybridized carbons (Fsp3) is 0.188. The lowest BCUT2D eigenvalue weighted by atomic mass is 9.96. The molecule has 4 heteroatoms. The number of aromatic nitrogens is 2. The molecule has 0 aliphatic carbocycles. The summed E-state index contributed by atoms with van der Waals surface area (Å²) in [5.41, 5.74) is 0.991. The van der Waals surface area contributed by atoms with Crippen LogP contribution in [0.25, 0.3) is 16.6 Å². The Labute approximate surface area is 116 Å². The van der Waals surface area contributed by atoms with Crippen molar-refractivity contribution < 1.29 is 9.50 Å². The molecule has 0 fully saturated rings. The Hall–Kier alpha value is -2.20. The summed E-state index contributed by atoms with van der Waals surface area (Å²) in [5, 5.41) is 15.2. The van der Waals surface area contributed by atoms with E-state index in [9.17, 15) is 9.50 Å². The Balaban J connectivity index is 2.12. The molecule has 0 saturated carbocycles.